The fourth-order valence-electron chi connectivity index (χ4n) is 3.79. The maximum atomic E-state index is 13.8. The van der Waals surface area contributed by atoms with Crippen LogP contribution in [-0.2, 0) is 22.6 Å². The van der Waals surface area contributed by atoms with E-state index in [0.29, 0.717) is 15.7 Å². The molecule has 1 aliphatic carbocycles. The summed E-state index contributed by atoms with van der Waals surface area (Å²) in [5.74, 6) is -0.781. The molecule has 1 saturated carbocycles. The zero-order chi connectivity index (χ0) is 24.6. The topological polar surface area (TPSA) is 121 Å². The van der Waals surface area contributed by atoms with Crippen LogP contribution in [0, 0.1) is 0 Å². The molecule has 0 atom stereocenters. The van der Waals surface area contributed by atoms with Crippen molar-refractivity contribution in [3.05, 3.63) is 74.9 Å². The SMILES string of the molecule is Cn1nc(C2CC2)c(C(=O)c2ccc(Br)c(N)c2CS(C)(=O)=O)c1OCC(=O)c1ccccc1. The van der Waals surface area contributed by atoms with Crippen LogP contribution in [0.5, 0.6) is 5.88 Å². The maximum Gasteiger partial charge on any atom is 0.223 e. The van der Waals surface area contributed by atoms with Gasteiger partial charge in [-0.05, 0) is 40.9 Å². The number of ether oxygens (including phenoxy) is 1. The second-order valence-electron chi connectivity index (χ2n) is 8.43. The first-order valence-corrected chi connectivity index (χ1v) is 13.5. The van der Waals surface area contributed by atoms with Crippen LogP contribution in [0.4, 0.5) is 5.69 Å². The third-order valence-corrected chi connectivity index (χ3v) is 7.11. The van der Waals surface area contributed by atoms with Crippen molar-refractivity contribution in [3.8, 4) is 5.88 Å². The molecule has 1 aromatic heterocycles. The normalized spacial score (nSPS) is 13.6. The van der Waals surface area contributed by atoms with Crippen molar-refractivity contribution < 1.29 is 22.7 Å². The van der Waals surface area contributed by atoms with Crippen molar-refractivity contribution >= 4 is 43.0 Å². The minimum atomic E-state index is -3.48. The summed E-state index contributed by atoms with van der Waals surface area (Å²) in [6.45, 7) is -0.271. The number of anilines is 1. The molecule has 10 heteroatoms. The van der Waals surface area contributed by atoms with Crippen molar-refractivity contribution in [2.45, 2.75) is 24.5 Å². The Labute approximate surface area is 206 Å². The van der Waals surface area contributed by atoms with E-state index in [1.54, 1.807) is 43.4 Å². The van der Waals surface area contributed by atoms with Crippen LogP contribution in [0.3, 0.4) is 0 Å². The van der Waals surface area contributed by atoms with E-state index in [1.807, 2.05) is 6.07 Å². The average Bonchev–Trinajstić information content (AvgIpc) is 3.58. The number of aryl methyl sites for hydroxylation is 1. The molecule has 0 spiro atoms. The summed E-state index contributed by atoms with van der Waals surface area (Å²) in [5.41, 5.74) is 8.06. The molecular formula is C24H24BrN3O5S. The zero-order valence-electron chi connectivity index (χ0n) is 18.7. The second-order valence-corrected chi connectivity index (χ2v) is 11.4. The lowest BCUT2D eigenvalue weighted by atomic mass is 9.96. The van der Waals surface area contributed by atoms with E-state index in [9.17, 15) is 18.0 Å². The fraction of sp³-hybridized carbons (Fsp3) is 0.292. The van der Waals surface area contributed by atoms with E-state index >= 15 is 0 Å². The highest BCUT2D eigenvalue weighted by Gasteiger charge is 2.36. The van der Waals surface area contributed by atoms with E-state index in [-0.39, 0.29) is 52.3 Å². The molecule has 0 aliphatic heterocycles. The number of ketones is 2. The minimum Gasteiger partial charge on any atom is -0.469 e. The highest BCUT2D eigenvalue weighted by Crippen LogP contribution is 2.44. The van der Waals surface area contributed by atoms with Gasteiger partial charge in [0, 0.05) is 40.4 Å². The van der Waals surface area contributed by atoms with E-state index < -0.39 is 15.6 Å². The Bertz CT molecular complexity index is 1380. The number of nitrogens with zero attached hydrogens (tertiary/aromatic N) is 2. The van der Waals surface area contributed by atoms with Crippen LogP contribution >= 0.6 is 15.9 Å². The van der Waals surface area contributed by atoms with E-state index in [2.05, 4.69) is 21.0 Å². The third kappa shape index (κ3) is 5.07. The Hall–Kier alpha value is -2.98. The summed E-state index contributed by atoms with van der Waals surface area (Å²) >= 11 is 3.31. The number of rotatable bonds is 9. The molecule has 1 aliphatic rings. The molecule has 0 amide bonds. The summed E-state index contributed by atoms with van der Waals surface area (Å²) in [4.78, 5) is 26.4. The lowest BCUT2D eigenvalue weighted by Crippen LogP contribution is -2.17. The van der Waals surface area contributed by atoms with Crippen LogP contribution in [0.2, 0.25) is 0 Å². The van der Waals surface area contributed by atoms with Gasteiger partial charge in [0.2, 0.25) is 11.7 Å². The number of carbonyl (C=O) groups is 2. The first-order valence-electron chi connectivity index (χ1n) is 10.6. The van der Waals surface area contributed by atoms with Gasteiger partial charge in [0.25, 0.3) is 0 Å². The van der Waals surface area contributed by atoms with Crippen molar-refractivity contribution in [1.29, 1.82) is 0 Å². The largest absolute Gasteiger partial charge is 0.469 e. The molecule has 178 valence electrons. The Kier molecular flexibility index (Phi) is 6.64. The summed E-state index contributed by atoms with van der Waals surface area (Å²) in [6.07, 6.45) is 2.86. The zero-order valence-corrected chi connectivity index (χ0v) is 21.1. The smallest absolute Gasteiger partial charge is 0.223 e. The Morgan fingerprint density at radius 1 is 1.18 bits per heavy atom. The van der Waals surface area contributed by atoms with Crippen LogP contribution in [0.1, 0.15) is 56.3 Å². The van der Waals surface area contributed by atoms with Gasteiger partial charge >= 0.3 is 0 Å². The van der Waals surface area contributed by atoms with Crippen molar-refractivity contribution in [2.75, 3.05) is 18.6 Å². The minimum absolute atomic E-state index is 0.110. The van der Waals surface area contributed by atoms with Gasteiger partial charge in [-0.25, -0.2) is 13.1 Å². The molecule has 0 unspecified atom stereocenters. The number of hydrogen-bond donors (Lipinski definition) is 1. The number of carbonyl (C=O) groups excluding carboxylic acids is 2. The highest BCUT2D eigenvalue weighted by atomic mass is 79.9. The Morgan fingerprint density at radius 3 is 2.47 bits per heavy atom. The molecular weight excluding hydrogens is 522 g/mol. The molecule has 2 N–H and O–H groups in total. The van der Waals surface area contributed by atoms with Crippen LogP contribution in [0.25, 0.3) is 0 Å². The molecule has 1 fully saturated rings. The molecule has 0 saturated heterocycles. The lowest BCUT2D eigenvalue weighted by molar-refractivity contribution is 0.0908. The summed E-state index contributed by atoms with van der Waals surface area (Å²) < 4.78 is 32.0. The maximum absolute atomic E-state index is 13.8. The van der Waals surface area contributed by atoms with Gasteiger partial charge in [-0.3, -0.25) is 9.59 Å². The van der Waals surface area contributed by atoms with Crippen LogP contribution in [-0.4, -0.2) is 42.6 Å². The van der Waals surface area contributed by atoms with Crippen LogP contribution < -0.4 is 10.5 Å². The number of benzene rings is 2. The standard InChI is InChI=1S/C24H24BrN3O5S/c1-28-24(33-12-19(29)14-6-4-3-5-7-14)20(22(27-28)15-8-9-15)23(30)16-10-11-18(25)21(26)17(16)13-34(2,31)32/h3-7,10-11,15H,8-9,12-13,26H2,1-2H3. The quantitative estimate of drug-likeness (QED) is 0.321. The van der Waals surface area contributed by atoms with Crippen molar-refractivity contribution in [2.24, 2.45) is 7.05 Å². The molecule has 3 aromatic rings. The summed E-state index contributed by atoms with van der Waals surface area (Å²) in [5, 5.41) is 4.51. The number of halogens is 1. The predicted octanol–water partition coefficient (Wildman–Crippen LogP) is 3.68. The number of nitrogens with two attached hydrogens (primary N) is 1. The first kappa shape index (κ1) is 24.2. The van der Waals surface area contributed by atoms with Gasteiger partial charge in [-0.2, -0.15) is 5.10 Å². The van der Waals surface area contributed by atoms with E-state index in [0.717, 1.165) is 19.1 Å². The lowest BCUT2D eigenvalue weighted by Gasteiger charge is -2.14. The van der Waals surface area contributed by atoms with Crippen molar-refractivity contribution in [1.82, 2.24) is 9.78 Å². The van der Waals surface area contributed by atoms with E-state index in [4.69, 9.17) is 10.5 Å². The van der Waals surface area contributed by atoms with Crippen molar-refractivity contribution in [3.63, 3.8) is 0 Å². The predicted molar refractivity (Wildman–Crippen MR) is 132 cm³/mol. The van der Waals surface area contributed by atoms with Gasteiger partial charge in [0.15, 0.2) is 22.2 Å². The molecule has 0 radical (unpaired) electrons. The highest BCUT2D eigenvalue weighted by molar-refractivity contribution is 9.10. The molecule has 2 aromatic carbocycles. The molecule has 34 heavy (non-hydrogen) atoms. The summed E-state index contributed by atoms with van der Waals surface area (Å²) in [6, 6.07) is 11.9. The fourth-order valence-corrected chi connectivity index (χ4v) is 5.00. The van der Waals surface area contributed by atoms with Gasteiger partial charge in [-0.15, -0.1) is 0 Å². The van der Waals surface area contributed by atoms with Gasteiger partial charge in [0.1, 0.15) is 5.56 Å². The summed E-state index contributed by atoms with van der Waals surface area (Å²) in [7, 11) is -1.82. The molecule has 1 heterocycles. The first-order chi connectivity index (χ1) is 16.1. The monoisotopic (exact) mass is 545 g/mol. The molecule has 4 rings (SSSR count). The van der Waals surface area contributed by atoms with E-state index in [1.165, 1.54) is 4.68 Å². The third-order valence-electron chi connectivity index (χ3n) is 5.60. The second kappa shape index (κ2) is 9.34. The Morgan fingerprint density at radius 2 is 1.85 bits per heavy atom. The number of sulfone groups is 1. The number of hydrogen-bond acceptors (Lipinski definition) is 7. The van der Waals surface area contributed by atoms with Gasteiger partial charge in [-0.1, -0.05) is 30.3 Å². The molecule has 0 bridgehead atoms. The van der Waals surface area contributed by atoms with Gasteiger partial charge < -0.3 is 10.5 Å². The Balaban J connectivity index is 1.75. The van der Waals surface area contributed by atoms with Gasteiger partial charge in [0.05, 0.1) is 17.1 Å². The number of aromatic nitrogens is 2. The average molecular weight is 546 g/mol. The number of nitrogen functional groups attached to an aromatic ring is 1. The number of Topliss-reactive ketones (excluding diaryl/α,β-unsaturated/α-hetero) is 1. The van der Waals surface area contributed by atoms with Crippen LogP contribution in [0.15, 0.2) is 46.9 Å². The molecule has 8 nitrogen and oxygen atoms in total.